The monoisotopic (exact) mass is 475 g/mol. The highest BCUT2D eigenvalue weighted by Gasteiger charge is 2.39. The predicted molar refractivity (Wildman–Crippen MR) is 101 cm³/mol. The predicted octanol–water partition coefficient (Wildman–Crippen LogP) is 2.15. The summed E-state index contributed by atoms with van der Waals surface area (Å²) in [5, 5.41) is 16.8. The molecule has 0 saturated carbocycles. The van der Waals surface area contributed by atoms with E-state index in [9.17, 15) is 36.6 Å². The van der Waals surface area contributed by atoms with Crippen LogP contribution in [0.5, 0.6) is 0 Å². The quantitative estimate of drug-likeness (QED) is 0.649. The maximum atomic E-state index is 14.3. The van der Waals surface area contributed by atoms with Crippen molar-refractivity contribution in [2.45, 2.75) is 31.8 Å². The van der Waals surface area contributed by atoms with Gasteiger partial charge in [0.25, 0.3) is 5.91 Å². The number of aromatic nitrogens is 2. The van der Waals surface area contributed by atoms with Crippen LogP contribution in [0.4, 0.5) is 32.4 Å². The molecule has 3 heterocycles. The summed E-state index contributed by atoms with van der Waals surface area (Å²) < 4.78 is 68.0. The van der Waals surface area contributed by atoms with Crippen molar-refractivity contribution in [2.75, 3.05) is 25.5 Å². The maximum Gasteiger partial charge on any atom is 0.422 e. The third kappa shape index (κ3) is 4.11. The lowest BCUT2D eigenvalue weighted by atomic mass is 10.0. The molecule has 0 fully saturated rings. The van der Waals surface area contributed by atoms with Crippen molar-refractivity contribution in [3.8, 4) is 0 Å². The van der Waals surface area contributed by atoms with Crippen LogP contribution in [0.3, 0.4) is 0 Å². The Kier molecular flexibility index (Phi) is 5.74. The Bertz CT molecular complexity index is 1120. The zero-order chi connectivity index (χ0) is 24.1. The van der Waals surface area contributed by atoms with Crippen LogP contribution in [0.25, 0.3) is 0 Å². The van der Waals surface area contributed by atoms with Gasteiger partial charge in [0, 0.05) is 25.6 Å². The first-order chi connectivity index (χ1) is 15.5. The van der Waals surface area contributed by atoms with E-state index >= 15 is 0 Å². The summed E-state index contributed by atoms with van der Waals surface area (Å²) in [4.78, 5) is 31.9. The minimum absolute atomic E-state index is 0.0854. The minimum atomic E-state index is -5.29. The van der Waals surface area contributed by atoms with E-state index in [0.717, 1.165) is 5.06 Å². The molecule has 33 heavy (non-hydrogen) atoms. The van der Waals surface area contributed by atoms with Gasteiger partial charge >= 0.3 is 12.2 Å². The standard InChI is InChI=1S/C19H18F5N5O4/c1-27-17(31)16-10-7-28(5-4-12(10)26-29(16)6-9(8-30)33-27)18(32)25-13-3-2-11(20)14(15(13)21)19(22,23)24/h2-3,9,30H,4-8H2,1H3,(H,25,32). The molecule has 2 N–H and O–H groups in total. The van der Waals surface area contributed by atoms with Crippen molar-refractivity contribution in [3.05, 3.63) is 46.3 Å². The number of aliphatic hydroxyl groups excluding tert-OH is 1. The zero-order valence-electron chi connectivity index (χ0n) is 17.1. The fourth-order valence-corrected chi connectivity index (χ4v) is 3.81. The molecule has 1 unspecified atom stereocenters. The summed E-state index contributed by atoms with van der Waals surface area (Å²) in [5.74, 6) is -4.28. The molecule has 1 aromatic carbocycles. The van der Waals surface area contributed by atoms with Crippen molar-refractivity contribution in [1.29, 1.82) is 0 Å². The molecule has 0 aliphatic carbocycles. The number of anilines is 1. The number of carbonyl (C=O) groups is 2. The summed E-state index contributed by atoms with van der Waals surface area (Å²) >= 11 is 0. The highest BCUT2D eigenvalue weighted by Crippen LogP contribution is 2.36. The van der Waals surface area contributed by atoms with E-state index in [2.05, 4.69) is 5.10 Å². The van der Waals surface area contributed by atoms with Gasteiger partial charge in [0.2, 0.25) is 0 Å². The summed E-state index contributed by atoms with van der Waals surface area (Å²) in [6.07, 6.45) is -5.78. The average Bonchev–Trinajstić information content (AvgIpc) is 3.04. The number of carbonyl (C=O) groups excluding carboxylic acids is 2. The molecule has 4 rings (SSSR count). The Morgan fingerprint density at radius 3 is 2.73 bits per heavy atom. The number of halogens is 5. The van der Waals surface area contributed by atoms with E-state index in [1.165, 1.54) is 16.6 Å². The van der Waals surface area contributed by atoms with E-state index in [1.807, 2.05) is 5.32 Å². The van der Waals surface area contributed by atoms with Gasteiger partial charge in [0.05, 0.1) is 31.1 Å². The number of benzene rings is 1. The van der Waals surface area contributed by atoms with Crippen molar-refractivity contribution in [3.63, 3.8) is 0 Å². The molecule has 3 amide bonds. The zero-order valence-corrected chi connectivity index (χ0v) is 17.1. The summed E-state index contributed by atoms with van der Waals surface area (Å²) in [6, 6.07) is 0.182. The molecule has 1 aromatic heterocycles. The van der Waals surface area contributed by atoms with E-state index < -0.39 is 47.1 Å². The molecule has 0 spiro atoms. The molecule has 2 aliphatic heterocycles. The Labute approximate surface area is 183 Å². The fourth-order valence-electron chi connectivity index (χ4n) is 3.81. The van der Waals surface area contributed by atoms with Gasteiger partial charge in [0.1, 0.15) is 23.2 Å². The highest BCUT2D eigenvalue weighted by molar-refractivity contribution is 5.94. The van der Waals surface area contributed by atoms with Gasteiger partial charge in [0.15, 0.2) is 5.82 Å². The van der Waals surface area contributed by atoms with Crippen LogP contribution >= 0.6 is 0 Å². The number of nitrogens with one attached hydrogen (secondary N) is 1. The third-order valence-electron chi connectivity index (χ3n) is 5.38. The van der Waals surface area contributed by atoms with Gasteiger partial charge in [-0.3, -0.25) is 14.3 Å². The topological polar surface area (TPSA) is 99.9 Å². The van der Waals surface area contributed by atoms with Gasteiger partial charge in [-0.1, -0.05) is 0 Å². The van der Waals surface area contributed by atoms with Gasteiger partial charge < -0.3 is 15.3 Å². The van der Waals surface area contributed by atoms with Crippen LogP contribution in [0.15, 0.2) is 12.1 Å². The van der Waals surface area contributed by atoms with Crippen molar-refractivity contribution < 1.29 is 41.5 Å². The molecule has 1 atom stereocenters. The number of hydrogen-bond acceptors (Lipinski definition) is 5. The van der Waals surface area contributed by atoms with Gasteiger partial charge in [-0.05, 0) is 12.1 Å². The third-order valence-corrected chi connectivity index (χ3v) is 5.38. The number of nitrogens with zero attached hydrogens (tertiary/aromatic N) is 4. The molecule has 2 aromatic rings. The molecule has 178 valence electrons. The van der Waals surface area contributed by atoms with Crippen molar-refractivity contribution in [1.82, 2.24) is 19.7 Å². The summed E-state index contributed by atoms with van der Waals surface area (Å²) in [7, 11) is 1.36. The first kappa shape index (κ1) is 22.9. The first-order valence-electron chi connectivity index (χ1n) is 9.76. The van der Waals surface area contributed by atoms with Crippen molar-refractivity contribution >= 4 is 17.6 Å². The van der Waals surface area contributed by atoms with Gasteiger partial charge in [-0.25, -0.2) is 18.6 Å². The molecular formula is C19H18F5N5O4. The lowest BCUT2D eigenvalue weighted by molar-refractivity contribution is -0.159. The van der Waals surface area contributed by atoms with Crippen LogP contribution in [0, 0.1) is 11.6 Å². The number of rotatable bonds is 2. The maximum absolute atomic E-state index is 14.3. The van der Waals surface area contributed by atoms with Crippen LogP contribution in [-0.4, -0.2) is 63.1 Å². The van der Waals surface area contributed by atoms with Crippen LogP contribution < -0.4 is 5.32 Å². The molecule has 0 saturated heterocycles. The van der Waals surface area contributed by atoms with Gasteiger partial charge in [-0.2, -0.15) is 18.3 Å². The smallest absolute Gasteiger partial charge is 0.393 e. The second kappa shape index (κ2) is 8.26. The SMILES string of the molecule is CN1OC(CO)Cn2nc3c(c2C1=O)CN(C(=O)Nc1ccc(F)c(C(F)(F)F)c1F)CC3. The van der Waals surface area contributed by atoms with Gasteiger partial charge in [-0.15, -0.1) is 0 Å². The Balaban J connectivity index is 1.59. The van der Waals surface area contributed by atoms with Crippen molar-refractivity contribution in [2.24, 2.45) is 0 Å². The Morgan fingerprint density at radius 1 is 1.33 bits per heavy atom. The molecule has 9 nitrogen and oxygen atoms in total. The van der Waals surface area contributed by atoms with Crippen LogP contribution in [0.1, 0.15) is 27.3 Å². The number of hydrogen-bond donors (Lipinski definition) is 2. The fraction of sp³-hybridized carbons (Fsp3) is 0.421. The second-order valence-corrected chi connectivity index (χ2v) is 7.55. The van der Waals surface area contributed by atoms with E-state index in [-0.39, 0.29) is 38.4 Å². The largest absolute Gasteiger partial charge is 0.422 e. The first-order valence-corrected chi connectivity index (χ1v) is 9.76. The molecule has 0 radical (unpaired) electrons. The number of urea groups is 1. The number of fused-ring (bicyclic) bond motifs is 3. The van der Waals surface area contributed by atoms with E-state index in [1.54, 1.807) is 0 Å². The lowest BCUT2D eigenvalue weighted by Gasteiger charge is -2.27. The summed E-state index contributed by atoms with van der Waals surface area (Å²) in [6.45, 7) is -0.315. The highest BCUT2D eigenvalue weighted by atomic mass is 19.4. The summed E-state index contributed by atoms with van der Waals surface area (Å²) in [5.41, 5.74) is -1.83. The number of amides is 3. The van der Waals surface area contributed by atoms with E-state index in [4.69, 9.17) is 4.84 Å². The molecule has 14 heteroatoms. The molecule has 0 bridgehead atoms. The number of hydroxylamine groups is 2. The lowest BCUT2D eigenvalue weighted by Crippen LogP contribution is -2.40. The second-order valence-electron chi connectivity index (χ2n) is 7.55. The number of aliphatic hydroxyl groups is 1. The minimum Gasteiger partial charge on any atom is -0.393 e. The van der Waals surface area contributed by atoms with E-state index in [0.29, 0.717) is 23.4 Å². The normalized spacial score (nSPS) is 18.6. The molecule has 2 aliphatic rings. The Morgan fingerprint density at radius 2 is 2.06 bits per heavy atom. The average molecular weight is 475 g/mol. The molecular weight excluding hydrogens is 457 g/mol. The number of alkyl halides is 3. The van der Waals surface area contributed by atoms with Crippen LogP contribution in [0.2, 0.25) is 0 Å². The van der Waals surface area contributed by atoms with Crippen LogP contribution in [-0.2, 0) is 30.5 Å². The Hall–Kier alpha value is -3.26.